The van der Waals surface area contributed by atoms with Crippen molar-refractivity contribution in [3.05, 3.63) is 48.6 Å². The second-order valence-electron chi connectivity index (χ2n) is 7.12. The molecule has 28 heavy (non-hydrogen) atoms. The third kappa shape index (κ3) is 4.23. The van der Waals surface area contributed by atoms with E-state index in [-0.39, 0.29) is 12.4 Å². The Balaban J connectivity index is 0.00000225. The Bertz CT molecular complexity index is 901. The van der Waals surface area contributed by atoms with Gasteiger partial charge in [0.2, 0.25) is 0 Å². The number of halogens is 1. The lowest BCUT2D eigenvalue weighted by Gasteiger charge is -2.40. The zero-order valence-electron chi connectivity index (χ0n) is 16.4. The van der Waals surface area contributed by atoms with Crippen molar-refractivity contribution in [3.63, 3.8) is 0 Å². The average Bonchev–Trinajstić information content (AvgIpc) is 3.11. The molecule has 7 heteroatoms. The van der Waals surface area contributed by atoms with E-state index in [0.717, 1.165) is 56.2 Å². The van der Waals surface area contributed by atoms with Crippen LogP contribution in [-0.4, -0.2) is 54.2 Å². The normalized spacial score (nSPS) is 17.5. The summed E-state index contributed by atoms with van der Waals surface area (Å²) in [4.78, 5) is 13.3. The van der Waals surface area contributed by atoms with Gasteiger partial charge in [-0.05, 0) is 37.9 Å². The summed E-state index contributed by atoms with van der Waals surface area (Å²) in [5.41, 5.74) is 2.29. The number of benzene rings is 1. The number of piperazine rings is 1. The molecule has 1 atom stereocenters. The fraction of sp³-hybridized carbons (Fsp3) is 0.429. The van der Waals surface area contributed by atoms with Crippen LogP contribution in [0.5, 0.6) is 5.75 Å². The summed E-state index contributed by atoms with van der Waals surface area (Å²) in [7, 11) is 1.67. The molecular formula is C21H27ClN4O2. The van der Waals surface area contributed by atoms with Crippen LogP contribution in [0.3, 0.4) is 0 Å². The fourth-order valence-corrected chi connectivity index (χ4v) is 3.94. The van der Waals surface area contributed by atoms with Gasteiger partial charge in [0.15, 0.2) is 11.6 Å². The SMILES string of the molecule is COc1cncnc1N1CCN(CCCc2coc3ccccc23)CC1C.Cl. The maximum absolute atomic E-state index is 5.65. The number of aromatic nitrogens is 2. The van der Waals surface area contributed by atoms with Gasteiger partial charge in [0.1, 0.15) is 11.9 Å². The van der Waals surface area contributed by atoms with Gasteiger partial charge in [0.05, 0.1) is 19.6 Å². The van der Waals surface area contributed by atoms with E-state index in [2.05, 4.69) is 38.8 Å². The lowest BCUT2D eigenvalue weighted by atomic mass is 10.1. The van der Waals surface area contributed by atoms with E-state index in [4.69, 9.17) is 9.15 Å². The highest BCUT2D eigenvalue weighted by Gasteiger charge is 2.26. The lowest BCUT2D eigenvalue weighted by molar-refractivity contribution is 0.225. The predicted molar refractivity (Wildman–Crippen MR) is 114 cm³/mol. The smallest absolute Gasteiger partial charge is 0.179 e. The Morgan fingerprint density at radius 1 is 1.25 bits per heavy atom. The van der Waals surface area contributed by atoms with E-state index in [1.54, 1.807) is 19.6 Å². The molecule has 0 aliphatic carbocycles. The van der Waals surface area contributed by atoms with E-state index in [0.29, 0.717) is 6.04 Å². The number of rotatable bonds is 6. The average molecular weight is 403 g/mol. The van der Waals surface area contributed by atoms with Crippen molar-refractivity contribution in [2.45, 2.75) is 25.8 Å². The van der Waals surface area contributed by atoms with Gasteiger partial charge < -0.3 is 14.1 Å². The Morgan fingerprint density at radius 3 is 2.93 bits per heavy atom. The first kappa shape index (κ1) is 20.4. The highest BCUT2D eigenvalue weighted by molar-refractivity contribution is 5.85. The Kier molecular flexibility index (Phi) is 6.75. The number of aryl methyl sites for hydroxylation is 1. The minimum Gasteiger partial charge on any atom is -0.491 e. The molecule has 0 spiro atoms. The number of ether oxygens (including phenoxy) is 1. The van der Waals surface area contributed by atoms with Gasteiger partial charge in [-0.1, -0.05) is 18.2 Å². The summed E-state index contributed by atoms with van der Waals surface area (Å²) >= 11 is 0. The molecular weight excluding hydrogens is 376 g/mol. The summed E-state index contributed by atoms with van der Waals surface area (Å²) in [5.74, 6) is 1.63. The molecule has 0 amide bonds. The quantitative estimate of drug-likeness (QED) is 0.625. The molecule has 4 rings (SSSR count). The molecule has 0 saturated carbocycles. The van der Waals surface area contributed by atoms with Crippen LogP contribution in [0.2, 0.25) is 0 Å². The van der Waals surface area contributed by atoms with Gasteiger partial charge in [-0.25, -0.2) is 9.97 Å². The minimum absolute atomic E-state index is 0. The number of fused-ring (bicyclic) bond motifs is 1. The van der Waals surface area contributed by atoms with E-state index < -0.39 is 0 Å². The molecule has 1 aliphatic heterocycles. The lowest BCUT2D eigenvalue weighted by Crippen LogP contribution is -2.52. The largest absolute Gasteiger partial charge is 0.491 e. The van der Waals surface area contributed by atoms with Gasteiger partial charge in [-0.15, -0.1) is 12.4 Å². The van der Waals surface area contributed by atoms with Crippen molar-refractivity contribution in [1.29, 1.82) is 0 Å². The van der Waals surface area contributed by atoms with Gasteiger partial charge in [-0.3, -0.25) is 4.90 Å². The molecule has 0 N–H and O–H groups in total. The summed E-state index contributed by atoms with van der Waals surface area (Å²) < 4.78 is 11.1. The predicted octanol–water partition coefficient (Wildman–Crippen LogP) is 3.80. The number of anilines is 1. The van der Waals surface area contributed by atoms with Crippen LogP contribution in [0.25, 0.3) is 11.0 Å². The van der Waals surface area contributed by atoms with Crippen molar-refractivity contribution in [1.82, 2.24) is 14.9 Å². The number of nitrogens with zero attached hydrogens (tertiary/aromatic N) is 4. The Hall–Kier alpha value is -2.31. The molecule has 3 heterocycles. The summed E-state index contributed by atoms with van der Waals surface area (Å²) in [6.45, 7) is 6.35. The highest BCUT2D eigenvalue weighted by atomic mass is 35.5. The van der Waals surface area contributed by atoms with Gasteiger partial charge in [0.25, 0.3) is 0 Å². The topological polar surface area (TPSA) is 54.6 Å². The van der Waals surface area contributed by atoms with Gasteiger partial charge in [-0.2, -0.15) is 0 Å². The number of furan rings is 1. The van der Waals surface area contributed by atoms with Gasteiger partial charge >= 0.3 is 0 Å². The molecule has 1 unspecified atom stereocenters. The first-order valence-electron chi connectivity index (χ1n) is 9.54. The Morgan fingerprint density at radius 2 is 2.11 bits per heavy atom. The summed E-state index contributed by atoms with van der Waals surface area (Å²) in [6, 6.07) is 8.65. The molecule has 2 aromatic heterocycles. The second kappa shape index (κ2) is 9.26. The van der Waals surface area contributed by atoms with Crippen LogP contribution in [0, 0.1) is 0 Å². The molecule has 0 bridgehead atoms. The van der Waals surface area contributed by atoms with Crippen molar-refractivity contribution in [2.75, 3.05) is 38.2 Å². The molecule has 0 radical (unpaired) electrons. The highest BCUT2D eigenvalue weighted by Crippen LogP contribution is 2.27. The minimum atomic E-state index is 0. The third-order valence-corrected chi connectivity index (χ3v) is 5.34. The first-order chi connectivity index (χ1) is 13.3. The van der Waals surface area contributed by atoms with E-state index in [9.17, 15) is 0 Å². The summed E-state index contributed by atoms with van der Waals surface area (Å²) in [6.07, 6.45) is 7.41. The molecule has 150 valence electrons. The third-order valence-electron chi connectivity index (χ3n) is 5.34. The van der Waals surface area contributed by atoms with Crippen LogP contribution >= 0.6 is 12.4 Å². The first-order valence-corrected chi connectivity index (χ1v) is 9.54. The molecule has 3 aromatic rings. The second-order valence-corrected chi connectivity index (χ2v) is 7.12. The van der Waals surface area contributed by atoms with Crippen molar-refractivity contribution < 1.29 is 9.15 Å². The zero-order valence-corrected chi connectivity index (χ0v) is 17.2. The van der Waals surface area contributed by atoms with Crippen LogP contribution in [0.1, 0.15) is 18.9 Å². The van der Waals surface area contributed by atoms with Crippen LogP contribution in [0.15, 0.2) is 47.5 Å². The number of hydrogen-bond donors (Lipinski definition) is 0. The van der Waals surface area contributed by atoms with Crippen molar-refractivity contribution >= 4 is 29.2 Å². The molecule has 1 saturated heterocycles. The zero-order chi connectivity index (χ0) is 18.6. The molecule has 1 fully saturated rings. The van der Waals surface area contributed by atoms with Crippen molar-refractivity contribution in [2.24, 2.45) is 0 Å². The molecule has 1 aromatic carbocycles. The van der Waals surface area contributed by atoms with E-state index in [1.807, 2.05) is 18.4 Å². The fourth-order valence-electron chi connectivity index (χ4n) is 3.94. The van der Waals surface area contributed by atoms with Crippen LogP contribution in [0.4, 0.5) is 5.82 Å². The molecule has 1 aliphatic rings. The maximum atomic E-state index is 5.65. The van der Waals surface area contributed by atoms with E-state index in [1.165, 1.54) is 10.9 Å². The monoisotopic (exact) mass is 402 g/mol. The van der Waals surface area contributed by atoms with Crippen LogP contribution in [-0.2, 0) is 6.42 Å². The Labute approximate surface area is 171 Å². The van der Waals surface area contributed by atoms with Crippen LogP contribution < -0.4 is 9.64 Å². The number of methoxy groups -OCH3 is 1. The number of para-hydroxylation sites is 1. The standard InChI is InChI=1S/C21H26N4O2.ClH/c1-16-13-24(10-11-25(16)21-20(26-2)12-22-15-23-21)9-5-6-17-14-27-19-8-4-3-7-18(17)19;/h3-4,7-8,12,14-16H,5-6,9-11,13H2,1-2H3;1H. The number of hydrogen-bond acceptors (Lipinski definition) is 6. The van der Waals surface area contributed by atoms with E-state index >= 15 is 0 Å². The summed E-state index contributed by atoms with van der Waals surface area (Å²) in [5, 5.41) is 1.24. The van der Waals surface area contributed by atoms with Gasteiger partial charge in [0, 0.05) is 31.1 Å². The van der Waals surface area contributed by atoms with Crippen molar-refractivity contribution in [3.8, 4) is 5.75 Å². The molecule has 6 nitrogen and oxygen atoms in total. The maximum Gasteiger partial charge on any atom is 0.179 e.